The number of nitrogens with zero attached hydrogens (tertiary/aromatic N) is 3. The molecule has 0 spiro atoms. The average Bonchev–Trinajstić information content (AvgIpc) is 2.32. The number of nitrogen functional groups attached to an aromatic ring is 1. The van der Waals surface area contributed by atoms with Crippen LogP contribution in [0.15, 0.2) is 22.7 Å². The Balaban J connectivity index is 2.27. The predicted molar refractivity (Wildman–Crippen MR) is 77.8 cm³/mol. The van der Waals surface area contributed by atoms with Gasteiger partial charge in [-0.05, 0) is 41.1 Å². The summed E-state index contributed by atoms with van der Waals surface area (Å²) in [6.45, 7) is 2.29. The summed E-state index contributed by atoms with van der Waals surface area (Å²) < 4.78 is 5.99. The minimum absolute atomic E-state index is 0.0889. The molecule has 1 aromatic carbocycles. The molecule has 0 bridgehead atoms. The van der Waals surface area contributed by atoms with E-state index in [-0.39, 0.29) is 12.0 Å². The lowest BCUT2D eigenvalue weighted by atomic mass is 10.3. The Hall–Kier alpha value is -1.60. The fourth-order valence-corrected chi connectivity index (χ4v) is 2.11. The second kappa shape index (κ2) is 6.03. The van der Waals surface area contributed by atoms with Gasteiger partial charge in [-0.15, -0.1) is 0 Å². The van der Waals surface area contributed by atoms with Crippen LogP contribution in [0, 0.1) is 0 Å². The molecule has 2 aromatic rings. The summed E-state index contributed by atoms with van der Waals surface area (Å²) in [5.74, 6) is 0.394. The van der Waals surface area contributed by atoms with Gasteiger partial charge < -0.3 is 15.8 Å². The zero-order chi connectivity index (χ0) is 13.8. The Morgan fingerprint density at radius 1 is 1.37 bits per heavy atom. The van der Waals surface area contributed by atoms with Gasteiger partial charge in [0.15, 0.2) is 0 Å². The minimum atomic E-state index is 0.0889. The Labute approximate surface area is 123 Å². The molecule has 1 aromatic heterocycles. The summed E-state index contributed by atoms with van der Waals surface area (Å²) in [6, 6.07) is 5.50. The molecule has 6 nitrogen and oxygen atoms in total. The van der Waals surface area contributed by atoms with E-state index in [0.717, 1.165) is 10.2 Å². The number of rotatable bonds is 4. The Bertz CT molecular complexity index is 595. The van der Waals surface area contributed by atoms with Crippen molar-refractivity contribution in [3.05, 3.63) is 27.7 Å². The normalized spacial score (nSPS) is 10.3. The third-order valence-corrected chi connectivity index (χ3v) is 2.97. The van der Waals surface area contributed by atoms with Crippen molar-refractivity contribution in [2.75, 3.05) is 17.7 Å². The summed E-state index contributed by atoms with van der Waals surface area (Å²) in [5.41, 5.74) is 6.35. The van der Waals surface area contributed by atoms with E-state index in [1.54, 1.807) is 18.2 Å². The molecule has 0 saturated heterocycles. The molecule has 3 N–H and O–H groups in total. The molecule has 0 aliphatic carbocycles. The zero-order valence-corrected chi connectivity index (χ0v) is 12.4. The molecule has 8 heteroatoms. The van der Waals surface area contributed by atoms with E-state index in [1.165, 1.54) is 0 Å². The van der Waals surface area contributed by atoms with E-state index < -0.39 is 0 Å². The van der Waals surface area contributed by atoms with E-state index in [9.17, 15) is 0 Å². The molecule has 0 amide bonds. The van der Waals surface area contributed by atoms with Crippen LogP contribution >= 0.6 is 27.5 Å². The van der Waals surface area contributed by atoms with Crippen molar-refractivity contribution < 1.29 is 4.74 Å². The molecule has 0 unspecified atom stereocenters. The average molecular weight is 345 g/mol. The molecule has 2 rings (SSSR count). The number of benzene rings is 1. The van der Waals surface area contributed by atoms with Crippen LogP contribution in [0.1, 0.15) is 6.92 Å². The maximum absolute atomic E-state index is 5.87. The second-order valence-corrected chi connectivity index (χ2v) is 4.77. The third-order valence-electron chi connectivity index (χ3n) is 2.08. The number of anilines is 3. The number of nitrogens with two attached hydrogens (primary N) is 1. The van der Waals surface area contributed by atoms with E-state index >= 15 is 0 Å². The first-order valence-corrected chi connectivity index (χ1v) is 6.62. The van der Waals surface area contributed by atoms with E-state index in [2.05, 4.69) is 36.2 Å². The highest BCUT2D eigenvalue weighted by molar-refractivity contribution is 9.10. The van der Waals surface area contributed by atoms with Gasteiger partial charge in [0.2, 0.25) is 11.9 Å². The zero-order valence-electron chi connectivity index (χ0n) is 10.0. The van der Waals surface area contributed by atoms with Crippen molar-refractivity contribution >= 4 is 45.1 Å². The summed E-state index contributed by atoms with van der Waals surface area (Å²) in [5, 5.41) is 3.64. The number of ether oxygens (including phenoxy) is 1. The fourth-order valence-electron chi connectivity index (χ4n) is 1.33. The highest BCUT2D eigenvalue weighted by Gasteiger charge is 2.07. The number of halogens is 2. The van der Waals surface area contributed by atoms with Crippen molar-refractivity contribution in [1.29, 1.82) is 0 Å². The van der Waals surface area contributed by atoms with E-state index in [1.807, 2.05) is 6.92 Å². The lowest BCUT2D eigenvalue weighted by Crippen LogP contribution is -2.06. The molecule has 19 heavy (non-hydrogen) atoms. The first kappa shape index (κ1) is 13.8. The molecule has 0 aliphatic heterocycles. The first-order chi connectivity index (χ1) is 9.08. The van der Waals surface area contributed by atoms with Crippen molar-refractivity contribution in [2.24, 2.45) is 0 Å². The molecular weight excluding hydrogens is 334 g/mol. The van der Waals surface area contributed by atoms with Gasteiger partial charge in [-0.2, -0.15) is 15.0 Å². The van der Waals surface area contributed by atoms with Crippen LogP contribution < -0.4 is 15.8 Å². The van der Waals surface area contributed by atoms with Crippen LogP contribution in [0.2, 0.25) is 5.02 Å². The van der Waals surface area contributed by atoms with Crippen molar-refractivity contribution in [2.45, 2.75) is 6.92 Å². The van der Waals surface area contributed by atoms with Crippen molar-refractivity contribution in [3.63, 3.8) is 0 Å². The maximum Gasteiger partial charge on any atom is 0.323 e. The van der Waals surface area contributed by atoms with Crippen LogP contribution in [0.4, 0.5) is 17.6 Å². The van der Waals surface area contributed by atoms with Gasteiger partial charge >= 0.3 is 6.01 Å². The lowest BCUT2D eigenvalue weighted by molar-refractivity contribution is 0.312. The van der Waals surface area contributed by atoms with Crippen LogP contribution in [-0.2, 0) is 0 Å². The minimum Gasteiger partial charge on any atom is -0.464 e. The molecule has 100 valence electrons. The quantitative estimate of drug-likeness (QED) is 0.886. The molecule has 0 aliphatic rings. The molecular formula is C11H11BrClN5O. The highest BCUT2D eigenvalue weighted by atomic mass is 79.9. The van der Waals surface area contributed by atoms with Crippen LogP contribution in [0.25, 0.3) is 0 Å². The molecule has 0 fully saturated rings. The summed E-state index contributed by atoms with van der Waals surface area (Å²) >= 11 is 9.26. The van der Waals surface area contributed by atoms with Crippen LogP contribution in [0.5, 0.6) is 6.01 Å². The fraction of sp³-hybridized carbons (Fsp3) is 0.182. The van der Waals surface area contributed by atoms with Crippen molar-refractivity contribution in [1.82, 2.24) is 15.0 Å². The standard InChI is InChI=1S/C11H11BrClN5O/c1-2-19-11-17-9(14)16-10(18-11)15-8-4-3-6(13)5-7(8)12/h3-5H,2H2,1H3,(H3,14,15,16,17,18). The summed E-state index contributed by atoms with van der Waals surface area (Å²) in [6.07, 6.45) is 0. The maximum atomic E-state index is 5.87. The monoisotopic (exact) mass is 343 g/mol. The van der Waals surface area contributed by atoms with E-state index in [4.69, 9.17) is 22.1 Å². The number of hydrogen-bond donors (Lipinski definition) is 2. The highest BCUT2D eigenvalue weighted by Crippen LogP contribution is 2.28. The van der Waals surface area contributed by atoms with Crippen molar-refractivity contribution in [3.8, 4) is 6.01 Å². The molecule has 1 heterocycles. The van der Waals surface area contributed by atoms with Gasteiger partial charge in [0.1, 0.15) is 0 Å². The summed E-state index contributed by atoms with van der Waals surface area (Å²) in [4.78, 5) is 11.9. The van der Waals surface area contributed by atoms with Gasteiger partial charge in [-0.25, -0.2) is 0 Å². The van der Waals surface area contributed by atoms with Gasteiger partial charge in [-0.3, -0.25) is 0 Å². The number of nitrogens with one attached hydrogen (secondary N) is 1. The van der Waals surface area contributed by atoms with E-state index in [0.29, 0.717) is 17.6 Å². The van der Waals surface area contributed by atoms with Gasteiger partial charge in [0, 0.05) is 9.50 Å². The lowest BCUT2D eigenvalue weighted by Gasteiger charge is -2.09. The molecule has 0 radical (unpaired) electrons. The SMILES string of the molecule is CCOc1nc(N)nc(Nc2ccc(Cl)cc2Br)n1. The Kier molecular flexibility index (Phi) is 4.39. The number of hydrogen-bond acceptors (Lipinski definition) is 6. The molecule has 0 saturated carbocycles. The predicted octanol–water partition coefficient (Wildman–Crippen LogP) is 3.01. The topological polar surface area (TPSA) is 86.0 Å². The second-order valence-electron chi connectivity index (χ2n) is 3.48. The van der Waals surface area contributed by atoms with Gasteiger partial charge in [-0.1, -0.05) is 11.6 Å². The van der Waals surface area contributed by atoms with Gasteiger partial charge in [0.05, 0.1) is 12.3 Å². The third kappa shape index (κ3) is 3.68. The number of aromatic nitrogens is 3. The first-order valence-electron chi connectivity index (χ1n) is 5.45. The Morgan fingerprint density at radius 3 is 2.84 bits per heavy atom. The van der Waals surface area contributed by atoms with Gasteiger partial charge in [0.25, 0.3) is 0 Å². The smallest absolute Gasteiger partial charge is 0.323 e. The van der Waals surface area contributed by atoms with Crippen LogP contribution in [0.3, 0.4) is 0 Å². The Morgan fingerprint density at radius 2 is 2.16 bits per heavy atom. The largest absolute Gasteiger partial charge is 0.464 e. The summed E-state index contributed by atoms with van der Waals surface area (Å²) in [7, 11) is 0. The molecule has 0 atom stereocenters. The van der Waals surface area contributed by atoms with Crippen LogP contribution in [-0.4, -0.2) is 21.6 Å².